The van der Waals surface area contributed by atoms with Crippen molar-refractivity contribution < 1.29 is 14.3 Å². The predicted octanol–water partition coefficient (Wildman–Crippen LogP) is 1.37. The largest absolute Gasteiger partial charge is 0.467 e. The van der Waals surface area contributed by atoms with Gasteiger partial charge in [-0.05, 0) is 19.1 Å². The van der Waals surface area contributed by atoms with Crippen LogP contribution >= 0.6 is 11.6 Å². The van der Waals surface area contributed by atoms with Gasteiger partial charge in [-0.15, -0.1) is 0 Å². The summed E-state index contributed by atoms with van der Waals surface area (Å²) in [5.41, 5.74) is 1.40. The first kappa shape index (κ1) is 14.6. The molecule has 0 radical (unpaired) electrons. The molecule has 0 aliphatic heterocycles. The van der Waals surface area contributed by atoms with Crippen molar-refractivity contribution in [1.82, 2.24) is 15.1 Å². The van der Waals surface area contributed by atoms with Crippen molar-refractivity contribution in [1.29, 1.82) is 0 Å². The molecule has 0 fully saturated rings. The maximum atomic E-state index is 12.0. The molecule has 7 heteroatoms. The first-order valence-electron chi connectivity index (χ1n) is 6.14. The van der Waals surface area contributed by atoms with E-state index < -0.39 is 6.04 Å². The van der Waals surface area contributed by atoms with E-state index in [1.807, 2.05) is 0 Å². The number of nitrogens with one attached hydrogen (secondary N) is 1. The van der Waals surface area contributed by atoms with Crippen LogP contribution in [0, 0.1) is 6.92 Å². The Hall–Kier alpha value is -1.79. The molecule has 0 spiro atoms. The van der Waals surface area contributed by atoms with Gasteiger partial charge in [-0.25, -0.2) is 0 Å². The van der Waals surface area contributed by atoms with Crippen LogP contribution < -0.4 is 5.32 Å². The summed E-state index contributed by atoms with van der Waals surface area (Å²) < 4.78 is 6.70. The minimum Gasteiger partial charge on any atom is -0.467 e. The Labute approximate surface area is 121 Å². The number of furan rings is 1. The molecule has 0 bridgehead atoms. The molecular weight excluding hydrogens is 282 g/mol. The number of carbonyl (C=O) groups excluding carboxylic acids is 1. The van der Waals surface area contributed by atoms with Gasteiger partial charge in [0.1, 0.15) is 17.0 Å². The van der Waals surface area contributed by atoms with Gasteiger partial charge in [0.25, 0.3) is 0 Å². The lowest BCUT2D eigenvalue weighted by Gasteiger charge is -2.13. The predicted molar refractivity (Wildman–Crippen MR) is 73.3 cm³/mol. The molecule has 2 aromatic rings. The van der Waals surface area contributed by atoms with Crippen LogP contribution in [0.3, 0.4) is 0 Å². The maximum absolute atomic E-state index is 12.0. The van der Waals surface area contributed by atoms with Crippen molar-refractivity contribution in [3.05, 3.63) is 40.6 Å². The number of carbonyl (C=O) groups is 1. The van der Waals surface area contributed by atoms with E-state index in [0.29, 0.717) is 22.2 Å². The Bertz CT molecular complexity index is 592. The third-order valence-electron chi connectivity index (χ3n) is 3.01. The highest BCUT2D eigenvalue weighted by atomic mass is 35.5. The van der Waals surface area contributed by atoms with E-state index in [0.717, 1.165) is 0 Å². The van der Waals surface area contributed by atoms with Crippen molar-refractivity contribution in [3.63, 3.8) is 0 Å². The summed E-state index contributed by atoms with van der Waals surface area (Å²) >= 11 is 6.08. The lowest BCUT2D eigenvalue weighted by Crippen LogP contribution is -2.31. The standard InChI is InChI=1S/C13H16ClN3O3/c1-8-9(13(14)17(2)16-8)6-12(19)15-10(7-18)11-4-3-5-20-11/h3-5,10,18H,6-7H2,1-2H3,(H,15,19). The molecule has 2 N–H and O–H groups in total. The number of hydrogen-bond acceptors (Lipinski definition) is 4. The van der Waals surface area contributed by atoms with Crippen LogP contribution in [0.4, 0.5) is 0 Å². The zero-order valence-corrected chi connectivity index (χ0v) is 12.0. The number of halogens is 1. The van der Waals surface area contributed by atoms with Crippen LogP contribution in [-0.4, -0.2) is 27.4 Å². The van der Waals surface area contributed by atoms with Gasteiger partial charge in [-0.2, -0.15) is 5.10 Å². The van der Waals surface area contributed by atoms with Gasteiger partial charge in [0.2, 0.25) is 5.91 Å². The Balaban J connectivity index is 2.05. The molecule has 0 aliphatic rings. The topological polar surface area (TPSA) is 80.3 Å². The lowest BCUT2D eigenvalue weighted by atomic mass is 10.1. The second-order valence-corrected chi connectivity index (χ2v) is 4.83. The van der Waals surface area contributed by atoms with E-state index in [4.69, 9.17) is 16.0 Å². The van der Waals surface area contributed by atoms with E-state index in [9.17, 15) is 9.90 Å². The molecular formula is C13H16ClN3O3. The molecule has 1 amide bonds. The molecule has 2 aromatic heterocycles. The van der Waals surface area contributed by atoms with Crippen molar-refractivity contribution in [2.24, 2.45) is 7.05 Å². The fourth-order valence-electron chi connectivity index (χ4n) is 1.98. The molecule has 20 heavy (non-hydrogen) atoms. The highest BCUT2D eigenvalue weighted by Crippen LogP contribution is 2.20. The van der Waals surface area contributed by atoms with Crippen molar-refractivity contribution >= 4 is 17.5 Å². The highest BCUT2D eigenvalue weighted by Gasteiger charge is 2.19. The van der Waals surface area contributed by atoms with Crippen molar-refractivity contribution in [2.45, 2.75) is 19.4 Å². The number of aromatic nitrogens is 2. The molecule has 0 saturated carbocycles. The summed E-state index contributed by atoms with van der Waals surface area (Å²) in [6.07, 6.45) is 1.60. The highest BCUT2D eigenvalue weighted by molar-refractivity contribution is 6.30. The van der Waals surface area contributed by atoms with Crippen LogP contribution in [0.25, 0.3) is 0 Å². The van der Waals surface area contributed by atoms with E-state index in [-0.39, 0.29) is 18.9 Å². The van der Waals surface area contributed by atoms with Crippen LogP contribution in [0.2, 0.25) is 5.15 Å². The Morgan fingerprint density at radius 1 is 1.65 bits per heavy atom. The summed E-state index contributed by atoms with van der Waals surface area (Å²) in [5, 5.41) is 16.6. The fourth-order valence-corrected chi connectivity index (χ4v) is 2.22. The van der Waals surface area contributed by atoms with Crippen LogP contribution in [0.1, 0.15) is 23.1 Å². The lowest BCUT2D eigenvalue weighted by molar-refractivity contribution is -0.121. The second kappa shape index (κ2) is 6.11. The van der Waals surface area contributed by atoms with E-state index in [1.54, 1.807) is 26.1 Å². The smallest absolute Gasteiger partial charge is 0.225 e. The van der Waals surface area contributed by atoms with Crippen LogP contribution in [0.5, 0.6) is 0 Å². The van der Waals surface area contributed by atoms with Crippen molar-refractivity contribution in [2.75, 3.05) is 6.61 Å². The van der Waals surface area contributed by atoms with Gasteiger partial charge in [0.05, 0.1) is 25.0 Å². The maximum Gasteiger partial charge on any atom is 0.225 e. The molecule has 2 heterocycles. The minimum atomic E-state index is -0.562. The van der Waals surface area contributed by atoms with Crippen LogP contribution in [0.15, 0.2) is 22.8 Å². The summed E-state index contributed by atoms with van der Waals surface area (Å²) in [5.74, 6) is 0.258. The molecule has 0 aromatic carbocycles. The number of rotatable bonds is 5. The third-order valence-corrected chi connectivity index (χ3v) is 3.48. The van der Waals surface area contributed by atoms with Gasteiger partial charge >= 0.3 is 0 Å². The second-order valence-electron chi connectivity index (χ2n) is 4.47. The Morgan fingerprint density at radius 3 is 2.90 bits per heavy atom. The van der Waals surface area contributed by atoms with Gasteiger partial charge in [-0.3, -0.25) is 9.48 Å². The Kier molecular flexibility index (Phi) is 4.46. The SMILES string of the molecule is Cc1nn(C)c(Cl)c1CC(=O)NC(CO)c1ccco1. The number of nitrogens with zero attached hydrogens (tertiary/aromatic N) is 2. The molecule has 6 nitrogen and oxygen atoms in total. The number of aryl methyl sites for hydroxylation is 2. The first-order chi connectivity index (χ1) is 9.52. The molecule has 2 rings (SSSR count). The summed E-state index contributed by atoms with van der Waals surface area (Å²) in [7, 11) is 1.72. The molecule has 0 saturated heterocycles. The zero-order chi connectivity index (χ0) is 14.7. The zero-order valence-electron chi connectivity index (χ0n) is 11.3. The third kappa shape index (κ3) is 3.02. The van der Waals surface area contributed by atoms with E-state index in [1.165, 1.54) is 10.9 Å². The number of amides is 1. The molecule has 1 atom stereocenters. The quantitative estimate of drug-likeness (QED) is 0.873. The molecule has 1 unspecified atom stereocenters. The van der Waals surface area contributed by atoms with E-state index >= 15 is 0 Å². The fraction of sp³-hybridized carbons (Fsp3) is 0.385. The number of hydrogen-bond donors (Lipinski definition) is 2. The van der Waals surface area contributed by atoms with E-state index in [2.05, 4.69) is 10.4 Å². The van der Waals surface area contributed by atoms with Gasteiger partial charge in [-0.1, -0.05) is 11.6 Å². The van der Waals surface area contributed by atoms with Gasteiger partial charge in [0.15, 0.2) is 0 Å². The monoisotopic (exact) mass is 297 g/mol. The minimum absolute atomic E-state index is 0.107. The Morgan fingerprint density at radius 2 is 2.40 bits per heavy atom. The number of aliphatic hydroxyl groups is 1. The van der Waals surface area contributed by atoms with Crippen molar-refractivity contribution in [3.8, 4) is 0 Å². The average molecular weight is 298 g/mol. The number of aliphatic hydroxyl groups excluding tert-OH is 1. The normalized spacial score (nSPS) is 12.4. The summed E-state index contributed by atoms with van der Waals surface area (Å²) in [6, 6.07) is 2.84. The summed E-state index contributed by atoms with van der Waals surface area (Å²) in [6.45, 7) is 1.56. The van der Waals surface area contributed by atoms with Gasteiger partial charge in [0, 0.05) is 12.6 Å². The van der Waals surface area contributed by atoms with Crippen LogP contribution in [-0.2, 0) is 18.3 Å². The molecule has 0 aliphatic carbocycles. The summed E-state index contributed by atoms with van der Waals surface area (Å²) in [4.78, 5) is 12.0. The molecule has 108 valence electrons. The van der Waals surface area contributed by atoms with Gasteiger partial charge < -0.3 is 14.8 Å². The average Bonchev–Trinajstić information content (AvgIpc) is 3.01. The first-order valence-corrected chi connectivity index (χ1v) is 6.52.